The summed E-state index contributed by atoms with van der Waals surface area (Å²) in [7, 11) is 0. The van der Waals surface area contributed by atoms with Crippen molar-refractivity contribution in [2.75, 3.05) is 0 Å². The van der Waals surface area contributed by atoms with Crippen LogP contribution >= 0.6 is 11.6 Å². The van der Waals surface area contributed by atoms with Gasteiger partial charge in [0.05, 0.1) is 10.5 Å². The van der Waals surface area contributed by atoms with Crippen molar-refractivity contribution in [3.05, 3.63) is 83.5 Å². The number of para-hydroxylation sites is 1. The molecule has 3 heteroatoms. The smallest absolute Gasteiger partial charge is 0.0749 e. The molecular weight excluding hydrogens is 316 g/mol. The molecule has 0 amide bonds. The van der Waals surface area contributed by atoms with E-state index in [0.717, 1.165) is 38.9 Å². The van der Waals surface area contributed by atoms with E-state index in [9.17, 15) is 0 Å². The standard InChI is InChI=1S/C21H15ClN2/c22-20-19-16-8-4-5-9-17(16)23-18(19)12-15-10-11-24(21(15)20)13-14-6-2-1-3-7-14/h1-12,23H,13H2. The maximum atomic E-state index is 6.87. The first-order valence-corrected chi connectivity index (χ1v) is 8.41. The van der Waals surface area contributed by atoms with E-state index in [4.69, 9.17) is 11.6 Å². The summed E-state index contributed by atoms with van der Waals surface area (Å²) in [5, 5.41) is 4.26. The Morgan fingerprint density at radius 3 is 2.54 bits per heavy atom. The molecule has 5 rings (SSSR count). The number of nitrogens with zero attached hydrogens (tertiary/aromatic N) is 1. The summed E-state index contributed by atoms with van der Waals surface area (Å²) in [5.41, 5.74) is 4.57. The largest absolute Gasteiger partial charge is 0.354 e. The number of nitrogens with one attached hydrogen (secondary N) is 1. The van der Waals surface area contributed by atoms with Crippen molar-refractivity contribution >= 4 is 44.3 Å². The Hall–Kier alpha value is -2.71. The van der Waals surface area contributed by atoms with Crippen molar-refractivity contribution in [1.29, 1.82) is 0 Å². The number of halogens is 1. The van der Waals surface area contributed by atoms with Crippen LogP contribution in [0, 0.1) is 0 Å². The van der Waals surface area contributed by atoms with Crippen molar-refractivity contribution in [1.82, 2.24) is 9.55 Å². The molecule has 0 bridgehead atoms. The highest BCUT2D eigenvalue weighted by Gasteiger charge is 2.14. The molecule has 0 atom stereocenters. The molecule has 3 aromatic carbocycles. The number of aromatic amines is 1. The molecule has 0 aliphatic carbocycles. The third kappa shape index (κ3) is 1.97. The predicted molar refractivity (Wildman–Crippen MR) is 102 cm³/mol. The molecule has 0 radical (unpaired) electrons. The van der Waals surface area contributed by atoms with Crippen molar-refractivity contribution in [2.45, 2.75) is 6.54 Å². The van der Waals surface area contributed by atoms with Gasteiger partial charge >= 0.3 is 0 Å². The van der Waals surface area contributed by atoms with Crippen LogP contribution in [-0.2, 0) is 6.54 Å². The van der Waals surface area contributed by atoms with Crippen LogP contribution in [0.4, 0.5) is 0 Å². The highest BCUT2D eigenvalue weighted by atomic mass is 35.5. The fourth-order valence-corrected chi connectivity index (χ4v) is 3.97. The molecule has 0 aliphatic heterocycles. The normalized spacial score (nSPS) is 11.7. The third-order valence-electron chi connectivity index (χ3n) is 4.65. The molecule has 0 saturated carbocycles. The van der Waals surface area contributed by atoms with Gasteiger partial charge in [0.15, 0.2) is 0 Å². The van der Waals surface area contributed by atoms with Crippen LogP contribution in [0.2, 0.25) is 5.02 Å². The van der Waals surface area contributed by atoms with Crippen LogP contribution in [0.3, 0.4) is 0 Å². The van der Waals surface area contributed by atoms with E-state index < -0.39 is 0 Å². The number of aromatic nitrogens is 2. The molecule has 2 nitrogen and oxygen atoms in total. The second kappa shape index (κ2) is 5.15. The fourth-order valence-electron chi connectivity index (χ4n) is 3.55. The van der Waals surface area contributed by atoms with Crippen molar-refractivity contribution in [2.24, 2.45) is 0 Å². The lowest BCUT2D eigenvalue weighted by Crippen LogP contribution is -1.98. The summed E-state index contributed by atoms with van der Waals surface area (Å²) >= 11 is 6.87. The average Bonchev–Trinajstić information content (AvgIpc) is 3.17. The first-order valence-electron chi connectivity index (χ1n) is 8.03. The molecule has 1 N–H and O–H groups in total. The highest BCUT2D eigenvalue weighted by molar-refractivity contribution is 6.42. The maximum Gasteiger partial charge on any atom is 0.0749 e. The first-order chi connectivity index (χ1) is 11.8. The Bertz CT molecular complexity index is 1180. The molecule has 0 fully saturated rings. The SMILES string of the molecule is Clc1c2c(cc3ccn(Cc4ccccc4)c13)[nH]c1ccccc12. The van der Waals surface area contributed by atoms with Gasteiger partial charge in [-0.1, -0.05) is 60.1 Å². The van der Waals surface area contributed by atoms with Gasteiger partial charge in [-0.05, 0) is 23.8 Å². The first kappa shape index (κ1) is 13.7. The molecule has 0 saturated heterocycles. The summed E-state index contributed by atoms with van der Waals surface area (Å²) in [6.45, 7) is 0.817. The van der Waals surface area contributed by atoms with Crippen molar-refractivity contribution in [3.8, 4) is 0 Å². The third-order valence-corrected chi connectivity index (χ3v) is 5.02. The molecule has 0 aliphatic rings. The van der Waals surface area contributed by atoms with Crippen molar-refractivity contribution in [3.63, 3.8) is 0 Å². The van der Waals surface area contributed by atoms with Gasteiger partial charge in [-0.15, -0.1) is 0 Å². The topological polar surface area (TPSA) is 20.7 Å². The van der Waals surface area contributed by atoms with Crippen LogP contribution in [-0.4, -0.2) is 9.55 Å². The van der Waals surface area contributed by atoms with Gasteiger partial charge in [-0.25, -0.2) is 0 Å². The highest BCUT2D eigenvalue weighted by Crippen LogP contribution is 2.37. The lowest BCUT2D eigenvalue weighted by Gasteiger charge is -2.08. The van der Waals surface area contributed by atoms with Gasteiger partial charge in [0.1, 0.15) is 0 Å². The second-order valence-corrected chi connectivity index (χ2v) is 6.53. The van der Waals surface area contributed by atoms with Crippen LogP contribution in [0.1, 0.15) is 5.56 Å². The fraction of sp³-hybridized carbons (Fsp3) is 0.0476. The quantitative estimate of drug-likeness (QED) is 0.411. The van der Waals surface area contributed by atoms with E-state index in [-0.39, 0.29) is 0 Å². The molecule has 0 spiro atoms. The number of H-pyrrole nitrogens is 1. The van der Waals surface area contributed by atoms with E-state index >= 15 is 0 Å². The Morgan fingerprint density at radius 1 is 0.875 bits per heavy atom. The van der Waals surface area contributed by atoms with Crippen LogP contribution in [0.15, 0.2) is 72.9 Å². The monoisotopic (exact) mass is 330 g/mol. The van der Waals surface area contributed by atoms with Crippen LogP contribution in [0.25, 0.3) is 32.7 Å². The van der Waals surface area contributed by atoms with Gasteiger partial charge in [0.2, 0.25) is 0 Å². The van der Waals surface area contributed by atoms with E-state index in [1.807, 2.05) is 12.1 Å². The number of hydrogen-bond donors (Lipinski definition) is 1. The zero-order valence-electron chi connectivity index (χ0n) is 13.0. The summed E-state index contributed by atoms with van der Waals surface area (Å²) in [6.07, 6.45) is 2.12. The summed E-state index contributed by atoms with van der Waals surface area (Å²) in [6, 6.07) is 23.1. The number of benzene rings is 3. The minimum absolute atomic E-state index is 0.817. The Morgan fingerprint density at radius 2 is 1.67 bits per heavy atom. The Balaban J connectivity index is 1.80. The summed E-state index contributed by atoms with van der Waals surface area (Å²) < 4.78 is 2.23. The summed E-state index contributed by atoms with van der Waals surface area (Å²) in [4.78, 5) is 3.48. The van der Waals surface area contributed by atoms with Crippen LogP contribution in [0.5, 0.6) is 0 Å². The predicted octanol–water partition coefficient (Wildman–Crippen LogP) is 5.98. The number of rotatable bonds is 2. The zero-order chi connectivity index (χ0) is 16.1. The second-order valence-electron chi connectivity index (χ2n) is 6.15. The van der Waals surface area contributed by atoms with Crippen LogP contribution < -0.4 is 0 Å². The molecule has 0 unspecified atom stereocenters. The van der Waals surface area contributed by atoms with E-state index in [2.05, 4.69) is 70.3 Å². The van der Waals surface area contributed by atoms with E-state index in [1.54, 1.807) is 0 Å². The summed E-state index contributed by atoms with van der Waals surface area (Å²) in [5.74, 6) is 0. The van der Waals surface area contributed by atoms with Gasteiger partial charge in [0, 0.05) is 39.9 Å². The van der Waals surface area contributed by atoms with Gasteiger partial charge < -0.3 is 9.55 Å². The van der Waals surface area contributed by atoms with Gasteiger partial charge in [-0.2, -0.15) is 0 Å². The van der Waals surface area contributed by atoms with E-state index in [0.29, 0.717) is 0 Å². The molecular formula is C21H15ClN2. The Labute approximate surface area is 144 Å². The average molecular weight is 331 g/mol. The molecule has 5 aromatic rings. The molecule has 2 heterocycles. The minimum Gasteiger partial charge on any atom is -0.354 e. The zero-order valence-corrected chi connectivity index (χ0v) is 13.7. The lowest BCUT2D eigenvalue weighted by molar-refractivity contribution is 0.837. The molecule has 24 heavy (non-hydrogen) atoms. The minimum atomic E-state index is 0.817. The lowest BCUT2D eigenvalue weighted by atomic mass is 10.1. The van der Waals surface area contributed by atoms with E-state index in [1.165, 1.54) is 10.9 Å². The Kier molecular flexibility index (Phi) is 2.94. The van der Waals surface area contributed by atoms with Gasteiger partial charge in [0.25, 0.3) is 0 Å². The number of fused-ring (bicyclic) bond motifs is 4. The van der Waals surface area contributed by atoms with Gasteiger partial charge in [-0.3, -0.25) is 0 Å². The van der Waals surface area contributed by atoms with Crippen molar-refractivity contribution < 1.29 is 0 Å². The molecule has 116 valence electrons. The number of hydrogen-bond acceptors (Lipinski definition) is 0. The maximum absolute atomic E-state index is 6.87. The molecule has 2 aromatic heterocycles.